The topological polar surface area (TPSA) is 96.0 Å². The van der Waals surface area contributed by atoms with Gasteiger partial charge in [-0.2, -0.15) is 0 Å². The molecule has 0 spiro atoms. The number of rotatable bonds is 11. The molecule has 0 aromatic heterocycles. The van der Waals surface area contributed by atoms with Gasteiger partial charge in [-0.1, -0.05) is 47.5 Å². The van der Waals surface area contributed by atoms with E-state index in [2.05, 4.69) is 5.32 Å². The summed E-state index contributed by atoms with van der Waals surface area (Å²) >= 11 is 6.17. The van der Waals surface area contributed by atoms with Crippen molar-refractivity contribution in [1.82, 2.24) is 10.2 Å². The number of carbonyl (C=O) groups excluding carboxylic acids is 2. The zero-order valence-electron chi connectivity index (χ0n) is 22.8. The van der Waals surface area contributed by atoms with Crippen molar-refractivity contribution in [3.05, 3.63) is 88.4 Å². The molecule has 208 valence electrons. The van der Waals surface area contributed by atoms with Crippen LogP contribution in [-0.4, -0.2) is 51.4 Å². The number of nitrogens with zero attached hydrogens (tertiary/aromatic N) is 2. The summed E-state index contributed by atoms with van der Waals surface area (Å²) in [5, 5.41) is 3.22. The predicted octanol–water partition coefficient (Wildman–Crippen LogP) is 4.71. The fraction of sp³-hybridized carbons (Fsp3) is 0.310. The Bertz CT molecular complexity index is 1430. The summed E-state index contributed by atoms with van der Waals surface area (Å²) < 4.78 is 34.5. The summed E-state index contributed by atoms with van der Waals surface area (Å²) in [6, 6.07) is 17.6. The van der Waals surface area contributed by atoms with Gasteiger partial charge in [-0.25, -0.2) is 8.42 Å². The molecular weight excluding hydrogens is 538 g/mol. The van der Waals surface area contributed by atoms with Crippen LogP contribution in [0.4, 0.5) is 5.69 Å². The van der Waals surface area contributed by atoms with Crippen LogP contribution in [0.1, 0.15) is 30.5 Å². The minimum absolute atomic E-state index is 0.0302. The number of hydrogen-bond donors (Lipinski definition) is 1. The van der Waals surface area contributed by atoms with E-state index in [1.165, 1.54) is 24.1 Å². The quantitative estimate of drug-likeness (QED) is 0.359. The molecule has 2 amide bonds. The zero-order valence-corrected chi connectivity index (χ0v) is 24.3. The Labute approximate surface area is 235 Å². The summed E-state index contributed by atoms with van der Waals surface area (Å²) in [4.78, 5) is 28.2. The fourth-order valence-electron chi connectivity index (χ4n) is 4.08. The van der Waals surface area contributed by atoms with Crippen LogP contribution in [0.5, 0.6) is 5.75 Å². The number of amides is 2. The first-order valence-corrected chi connectivity index (χ1v) is 14.4. The van der Waals surface area contributed by atoms with Gasteiger partial charge in [0.05, 0.1) is 17.7 Å². The monoisotopic (exact) mass is 571 g/mol. The standard InChI is InChI=1S/C29H34ClN3O5S/c1-6-31-29(35)22(4)32(18-23-8-7-9-24(30)17-23)28(34)19-33(26-16-21(3)12-15-27(26)38-5)39(36,37)25-13-10-20(2)11-14-25/h7-17,22H,6,18-19H2,1-5H3,(H,31,35)/t22-/m1/s1. The number of aryl methyl sites for hydroxylation is 2. The van der Waals surface area contributed by atoms with Gasteiger partial charge >= 0.3 is 0 Å². The number of sulfonamides is 1. The van der Waals surface area contributed by atoms with Gasteiger partial charge in [0.1, 0.15) is 18.3 Å². The molecule has 39 heavy (non-hydrogen) atoms. The maximum absolute atomic E-state index is 14.0. The molecule has 0 unspecified atom stereocenters. The van der Waals surface area contributed by atoms with E-state index in [0.717, 1.165) is 15.4 Å². The van der Waals surface area contributed by atoms with Crippen LogP contribution in [0.25, 0.3) is 0 Å². The number of anilines is 1. The number of benzene rings is 3. The van der Waals surface area contributed by atoms with Crippen molar-refractivity contribution in [2.24, 2.45) is 0 Å². The molecule has 0 aliphatic rings. The Balaban J connectivity index is 2.10. The molecule has 3 aromatic carbocycles. The van der Waals surface area contributed by atoms with E-state index in [1.807, 2.05) is 13.8 Å². The molecule has 0 radical (unpaired) electrons. The van der Waals surface area contributed by atoms with Gasteiger partial charge in [0.15, 0.2) is 0 Å². The van der Waals surface area contributed by atoms with E-state index in [0.29, 0.717) is 22.9 Å². The van der Waals surface area contributed by atoms with Crippen LogP contribution in [-0.2, 0) is 26.2 Å². The van der Waals surface area contributed by atoms with Crippen molar-refractivity contribution < 1.29 is 22.7 Å². The highest BCUT2D eigenvalue weighted by Gasteiger charge is 2.33. The molecule has 0 bridgehead atoms. The summed E-state index contributed by atoms with van der Waals surface area (Å²) in [6.07, 6.45) is 0. The number of hydrogen-bond acceptors (Lipinski definition) is 5. The van der Waals surface area contributed by atoms with Crippen molar-refractivity contribution in [2.45, 2.75) is 45.2 Å². The molecular formula is C29H34ClN3O5S. The minimum atomic E-state index is -4.20. The van der Waals surface area contributed by atoms with E-state index in [-0.39, 0.29) is 23.0 Å². The molecule has 0 saturated carbocycles. The lowest BCUT2D eigenvalue weighted by Gasteiger charge is -2.32. The Morgan fingerprint density at radius 1 is 1.00 bits per heavy atom. The van der Waals surface area contributed by atoms with Crippen molar-refractivity contribution >= 4 is 39.1 Å². The Morgan fingerprint density at radius 2 is 1.67 bits per heavy atom. The van der Waals surface area contributed by atoms with E-state index < -0.39 is 28.5 Å². The lowest BCUT2D eigenvalue weighted by Crippen LogP contribution is -2.51. The lowest BCUT2D eigenvalue weighted by molar-refractivity contribution is -0.139. The van der Waals surface area contributed by atoms with Crippen LogP contribution < -0.4 is 14.4 Å². The highest BCUT2D eigenvalue weighted by Crippen LogP contribution is 2.34. The molecule has 0 aliphatic heterocycles. The molecule has 0 saturated heterocycles. The molecule has 0 heterocycles. The molecule has 1 atom stereocenters. The average Bonchev–Trinajstić information content (AvgIpc) is 2.90. The normalized spacial score (nSPS) is 11.9. The number of nitrogens with one attached hydrogen (secondary N) is 1. The Morgan fingerprint density at radius 3 is 2.28 bits per heavy atom. The van der Waals surface area contributed by atoms with E-state index in [4.69, 9.17) is 16.3 Å². The van der Waals surface area contributed by atoms with Gasteiger partial charge in [0.25, 0.3) is 10.0 Å². The van der Waals surface area contributed by atoms with Crippen LogP contribution in [0.15, 0.2) is 71.6 Å². The second-order valence-electron chi connectivity index (χ2n) is 9.22. The predicted molar refractivity (Wildman–Crippen MR) is 154 cm³/mol. The molecule has 0 aliphatic carbocycles. The lowest BCUT2D eigenvalue weighted by atomic mass is 10.1. The summed E-state index contributed by atoms with van der Waals surface area (Å²) in [6.45, 7) is 6.97. The maximum Gasteiger partial charge on any atom is 0.264 e. The average molecular weight is 572 g/mol. The van der Waals surface area contributed by atoms with Crippen molar-refractivity contribution in [3.8, 4) is 5.75 Å². The first kappa shape index (κ1) is 30.0. The molecule has 10 heteroatoms. The van der Waals surface area contributed by atoms with Crippen molar-refractivity contribution in [2.75, 3.05) is 24.5 Å². The van der Waals surface area contributed by atoms with Crippen LogP contribution in [0.2, 0.25) is 5.02 Å². The van der Waals surface area contributed by atoms with Gasteiger partial charge in [-0.05, 0) is 75.2 Å². The first-order chi connectivity index (χ1) is 18.5. The third-order valence-electron chi connectivity index (χ3n) is 6.25. The third-order valence-corrected chi connectivity index (χ3v) is 8.26. The SMILES string of the molecule is CCNC(=O)[C@@H](C)N(Cc1cccc(Cl)c1)C(=O)CN(c1cc(C)ccc1OC)S(=O)(=O)c1ccc(C)cc1. The highest BCUT2D eigenvalue weighted by molar-refractivity contribution is 7.92. The van der Waals surface area contributed by atoms with E-state index in [9.17, 15) is 18.0 Å². The Kier molecular flexibility index (Phi) is 9.99. The number of ether oxygens (including phenoxy) is 1. The zero-order chi connectivity index (χ0) is 28.7. The van der Waals surface area contributed by atoms with Crippen LogP contribution >= 0.6 is 11.6 Å². The summed E-state index contributed by atoms with van der Waals surface area (Å²) in [5.74, 6) is -0.621. The number of methoxy groups -OCH3 is 1. The second-order valence-corrected chi connectivity index (χ2v) is 11.5. The molecule has 8 nitrogen and oxygen atoms in total. The number of halogens is 1. The summed E-state index contributed by atoms with van der Waals surface area (Å²) in [7, 11) is -2.76. The van der Waals surface area contributed by atoms with Gasteiger partial charge in [0.2, 0.25) is 11.8 Å². The molecule has 0 fully saturated rings. The molecule has 3 rings (SSSR count). The summed E-state index contributed by atoms with van der Waals surface area (Å²) in [5.41, 5.74) is 2.61. The van der Waals surface area contributed by atoms with Gasteiger partial charge in [-0.3, -0.25) is 13.9 Å². The van der Waals surface area contributed by atoms with Crippen molar-refractivity contribution in [1.29, 1.82) is 0 Å². The second kappa shape index (κ2) is 13.0. The van der Waals surface area contributed by atoms with Gasteiger partial charge in [-0.15, -0.1) is 0 Å². The van der Waals surface area contributed by atoms with Crippen LogP contribution in [0.3, 0.4) is 0 Å². The maximum atomic E-state index is 14.0. The van der Waals surface area contributed by atoms with E-state index in [1.54, 1.807) is 68.4 Å². The third kappa shape index (κ3) is 7.30. The molecule has 3 aromatic rings. The highest BCUT2D eigenvalue weighted by atomic mass is 35.5. The van der Waals surface area contributed by atoms with Crippen molar-refractivity contribution in [3.63, 3.8) is 0 Å². The van der Waals surface area contributed by atoms with Gasteiger partial charge < -0.3 is 15.0 Å². The molecule has 1 N–H and O–H groups in total. The smallest absolute Gasteiger partial charge is 0.264 e. The largest absolute Gasteiger partial charge is 0.495 e. The minimum Gasteiger partial charge on any atom is -0.495 e. The fourth-order valence-corrected chi connectivity index (χ4v) is 5.71. The Hall–Kier alpha value is -3.56. The number of likely N-dealkylation sites (N-methyl/N-ethyl adjacent to an activating group) is 1. The van der Waals surface area contributed by atoms with Crippen LogP contribution in [0, 0.1) is 13.8 Å². The van der Waals surface area contributed by atoms with E-state index >= 15 is 0 Å². The first-order valence-electron chi connectivity index (χ1n) is 12.5. The number of carbonyl (C=O) groups is 2. The van der Waals surface area contributed by atoms with Gasteiger partial charge in [0, 0.05) is 18.1 Å².